The van der Waals surface area contributed by atoms with Crippen molar-refractivity contribution in [2.24, 2.45) is 0 Å². The summed E-state index contributed by atoms with van der Waals surface area (Å²) in [6, 6.07) is 3.63. The third-order valence-corrected chi connectivity index (χ3v) is 6.67. The van der Waals surface area contributed by atoms with Crippen molar-refractivity contribution in [2.45, 2.75) is 64.5 Å². The Morgan fingerprint density at radius 3 is 2.11 bits per heavy atom. The van der Waals surface area contributed by atoms with Crippen LogP contribution in [0.4, 0.5) is 5.69 Å². The van der Waals surface area contributed by atoms with Crippen LogP contribution in [-0.2, 0) is 42.9 Å². The number of anilines is 1. The van der Waals surface area contributed by atoms with E-state index in [-0.39, 0.29) is 61.7 Å². The summed E-state index contributed by atoms with van der Waals surface area (Å²) >= 11 is 0. The van der Waals surface area contributed by atoms with Gasteiger partial charge < -0.3 is 29.0 Å². The van der Waals surface area contributed by atoms with Crippen molar-refractivity contribution in [1.29, 1.82) is 0 Å². The van der Waals surface area contributed by atoms with Gasteiger partial charge in [0, 0.05) is 25.1 Å². The number of amides is 4. The summed E-state index contributed by atoms with van der Waals surface area (Å²) in [5.74, 6) is -2.76. The van der Waals surface area contributed by atoms with Crippen LogP contribution >= 0.6 is 0 Å². The lowest BCUT2D eigenvalue weighted by Gasteiger charge is -2.27. The molecule has 1 atom stereocenters. The molecule has 14 nitrogen and oxygen atoms in total. The van der Waals surface area contributed by atoms with Crippen LogP contribution in [0.1, 0.15) is 73.6 Å². The highest BCUT2D eigenvalue weighted by atomic mass is 16.6. The molecule has 3 rings (SSSR count). The van der Waals surface area contributed by atoms with Gasteiger partial charge in [0.25, 0.3) is 11.8 Å². The fourth-order valence-corrected chi connectivity index (χ4v) is 4.63. The zero-order valence-electron chi connectivity index (χ0n) is 26.1. The van der Waals surface area contributed by atoms with E-state index in [0.717, 1.165) is 4.90 Å². The van der Waals surface area contributed by atoms with Gasteiger partial charge in [0.15, 0.2) is 5.78 Å². The number of carbonyl (C=O) groups excluding carboxylic acids is 6. The summed E-state index contributed by atoms with van der Waals surface area (Å²) < 4.78 is 26.9. The van der Waals surface area contributed by atoms with Crippen molar-refractivity contribution in [1.82, 2.24) is 10.2 Å². The van der Waals surface area contributed by atoms with E-state index in [9.17, 15) is 28.8 Å². The van der Waals surface area contributed by atoms with E-state index in [2.05, 4.69) is 10.6 Å². The van der Waals surface area contributed by atoms with E-state index in [1.165, 1.54) is 6.07 Å². The Labute approximate surface area is 262 Å². The molecule has 2 heterocycles. The Hall–Kier alpha value is -3.72. The fraction of sp³-hybridized carbons (Fsp3) is 0.613. The van der Waals surface area contributed by atoms with E-state index >= 15 is 0 Å². The Bertz CT molecular complexity index is 1230. The number of hydrogen-bond donors (Lipinski definition) is 2. The highest BCUT2D eigenvalue weighted by Crippen LogP contribution is 2.32. The highest BCUT2D eigenvalue weighted by Gasteiger charge is 2.45. The molecule has 14 heteroatoms. The van der Waals surface area contributed by atoms with Crippen LogP contribution in [0.3, 0.4) is 0 Å². The number of carbonyl (C=O) groups is 6. The minimum atomic E-state index is -1.06. The van der Waals surface area contributed by atoms with Crippen LogP contribution in [0.2, 0.25) is 0 Å². The summed E-state index contributed by atoms with van der Waals surface area (Å²) in [6.45, 7) is 8.36. The summed E-state index contributed by atoms with van der Waals surface area (Å²) in [5, 5.41) is 5.11. The SMILES string of the molecule is CC(C)(C)OC(=O)CCOCCOCCOCCOCCCC(=O)CNc1cccc2c1C(=O)N(C1CCC(=O)NC1=O)C2=O. The zero-order chi connectivity index (χ0) is 32.8. The van der Waals surface area contributed by atoms with Crippen molar-refractivity contribution in [3.63, 3.8) is 0 Å². The van der Waals surface area contributed by atoms with Crippen LogP contribution in [-0.4, -0.2) is 111 Å². The normalized spacial score (nSPS) is 16.5. The third-order valence-electron chi connectivity index (χ3n) is 6.67. The molecule has 2 N–H and O–H groups in total. The molecule has 0 bridgehead atoms. The van der Waals surface area contributed by atoms with Gasteiger partial charge in [-0.05, 0) is 45.7 Å². The number of piperidine rings is 1. The second kappa shape index (κ2) is 17.7. The molecule has 0 aliphatic carbocycles. The molecular weight excluding hydrogens is 590 g/mol. The molecule has 1 aromatic carbocycles. The van der Waals surface area contributed by atoms with Crippen molar-refractivity contribution >= 4 is 41.1 Å². The first kappa shape index (κ1) is 35.8. The van der Waals surface area contributed by atoms with Crippen molar-refractivity contribution < 1.29 is 52.5 Å². The molecule has 2 aliphatic heterocycles. The third kappa shape index (κ3) is 11.6. The van der Waals surface area contributed by atoms with E-state index in [4.69, 9.17) is 23.7 Å². The first-order valence-corrected chi connectivity index (χ1v) is 15.1. The first-order valence-electron chi connectivity index (χ1n) is 15.1. The topological polar surface area (TPSA) is 176 Å². The molecule has 0 saturated carbocycles. The molecule has 0 radical (unpaired) electrons. The molecule has 2 aliphatic rings. The fourth-order valence-electron chi connectivity index (χ4n) is 4.63. The molecule has 4 amide bonds. The van der Waals surface area contributed by atoms with Gasteiger partial charge in [0.2, 0.25) is 11.8 Å². The van der Waals surface area contributed by atoms with Gasteiger partial charge >= 0.3 is 5.97 Å². The van der Waals surface area contributed by atoms with Gasteiger partial charge in [-0.1, -0.05) is 6.07 Å². The lowest BCUT2D eigenvalue weighted by atomic mass is 10.0. The number of hydrogen-bond acceptors (Lipinski definition) is 12. The second-order valence-electron chi connectivity index (χ2n) is 11.5. The van der Waals surface area contributed by atoms with Crippen LogP contribution < -0.4 is 10.6 Å². The smallest absolute Gasteiger partial charge is 0.308 e. The Kier molecular flexibility index (Phi) is 14.1. The van der Waals surface area contributed by atoms with Crippen LogP contribution in [0.25, 0.3) is 0 Å². The summed E-state index contributed by atoms with van der Waals surface area (Å²) in [7, 11) is 0. The average Bonchev–Trinajstić information content (AvgIpc) is 3.22. The standard InChI is InChI=1S/C31H43N3O11/c1-31(2,3)45-26(37)11-13-42-15-17-44-19-18-43-16-14-41-12-5-6-21(35)20-32-23-8-4-7-22-27(23)30(40)34(29(22)39)24-9-10-25(36)33-28(24)38/h4,7-8,24,32H,5-6,9-20H2,1-3H3,(H,33,36,38). The van der Waals surface area contributed by atoms with Gasteiger partial charge in [-0.3, -0.25) is 39.0 Å². The highest BCUT2D eigenvalue weighted by molar-refractivity contribution is 6.25. The Balaban J connectivity index is 1.20. The van der Waals surface area contributed by atoms with Crippen molar-refractivity contribution in [3.8, 4) is 0 Å². The summed E-state index contributed by atoms with van der Waals surface area (Å²) in [4.78, 5) is 74.7. The molecule has 1 fully saturated rings. The van der Waals surface area contributed by atoms with E-state index in [0.29, 0.717) is 58.4 Å². The van der Waals surface area contributed by atoms with Crippen LogP contribution in [0, 0.1) is 0 Å². The molecule has 0 aromatic heterocycles. The monoisotopic (exact) mass is 633 g/mol. The Morgan fingerprint density at radius 2 is 1.49 bits per heavy atom. The molecule has 0 spiro atoms. The lowest BCUT2D eigenvalue weighted by Crippen LogP contribution is -2.54. The molecule has 1 saturated heterocycles. The van der Waals surface area contributed by atoms with Crippen LogP contribution in [0.15, 0.2) is 18.2 Å². The largest absolute Gasteiger partial charge is 0.460 e. The van der Waals surface area contributed by atoms with Gasteiger partial charge in [-0.15, -0.1) is 0 Å². The number of nitrogens with one attached hydrogen (secondary N) is 2. The quantitative estimate of drug-likeness (QED) is 0.121. The van der Waals surface area contributed by atoms with Gasteiger partial charge in [-0.25, -0.2) is 0 Å². The number of ketones is 1. The van der Waals surface area contributed by atoms with Gasteiger partial charge in [0.1, 0.15) is 11.6 Å². The molecule has 45 heavy (non-hydrogen) atoms. The second-order valence-corrected chi connectivity index (χ2v) is 11.5. The van der Waals surface area contributed by atoms with Crippen molar-refractivity contribution in [3.05, 3.63) is 29.3 Å². The minimum absolute atomic E-state index is 0.0349. The Morgan fingerprint density at radius 1 is 0.867 bits per heavy atom. The first-order chi connectivity index (χ1) is 21.5. The number of rotatable bonds is 20. The summed E-state index contributed by atoms with van der Waals surface area (Å²) in [6.07, 6.45) is 1.06. The predicted octanol–water partition coefficient (Wildman–Crippen LogP) is 1.65. The predicted molar refractivity (Wildman–Crippen MR) is 160 cm³/mol. The maximum absolute atomic E-state index is 13.1. The maximum Gasteiger partial charge on any atom is 0.308 e. The number of nitrogens with zero attached hydrogens (tertiary/aromatic N) is 1. The van der Waals surface area contributed by atoms with E-state index in [1.54, 1.807) is 12.1 Å². The van der Waals surface area contributed by atoms with E-state index in [1.807, 2.05) is 20.8 Å². The van der Waals surface area contributed by atoms with E-state index < -0.39 is 35.3 Å². The number of fused-ring (bicyclic) bond motifs is 1. The molecule has 1 aromatic rings. The zero-order valence-corrected chi connectivity index (χ0v) is 26.1. The minimum Gasteiger partial charge on any atom is -0.460 e. The van der Waals surface area contributed by atoms with Crippen LogP contribution in [0.5, 0.6) is 0 Å². The molecule has 1 unspecified atom stereocenters. The number of esters is 1. The molecule has 248 valence electrons. The van der Waals surface area contributed by atoms with Gasteiger partial charge in [-0.2, -0.15) is 0 Å². The number of benzene rings is 1. The van der Waals surface area contributed by atoms with Crippen molar-refractivity contribution in [2.75, 3.05) is 64.7 Å². The summed E-state index contributed by atoms with van der Waals surface area (Å²) in [5.41, 5.74) is 0.0794. The lowest BCUT2D eigenvalue weighted by molar-refractivity contribution is -0.156. The average molecular weight is 634 g/mol. The number of Topliss-reactive ketones (excluding diaryl/α,β-unsaturated/α-hetero) is 1. The van der Waals surface area contributed by atoms with Gasteiger partial charge in [0.05, 0.1) is 70.3 Å². The number of imide groups is 2. The molecular formula is C31H43N3O11. The number of ether oxygens (including phenoxy) is 5. The maximum atomic E-state index is 13.1.